The molecule has 0 saturated carbocycles. The number of nitrogens with one attached hydrogen (secondary N) is 1. The second kappa shape index (κ2) is 6.28. The van der Waals surface area contributed by atoms with Crippen molar-refractivity contribution in [2.75, 3.05) is 12.4 Å². The standard InChI is InChI=1S/C12H22N2O2S/c1-5-12(4)7-8-17-11(14-12)13-9(3)10(15)16-6-2/h9H,5-8H2,1-4H3,(H,13,14). The minimum atomic E-state index is -0.427. The minimum Gasteiger partial charge on any atom is -0.464 e. The van der Waals surface area contributed by atoms with Crippen molar-refractivity contribution in [1.29, 1.82) is 0 Å². The van der Waals surface area contributed by atoms with Gasteiger partial charge in [0.25, 0.3) is 0 Å². The van der Waals surface area contributed by atoms with E-state index in [1.54, 1.807) is 25.6 Å². The Balaban J connectivity index is 2.62. The van der Waals surface area contributed by atoms with E-state index in [-0.39, 0.29) is 11.5 Å². The maximum Gasteiger partial charge on any atom is 0.330 e. The molecule has 2 atom stereocenters. The molecule has 0 bridgehead atoms. The van der Waals surface area contributed by atoms with Crippen LogP contribution >= 0.6 is 11.8 Å². The maximum atomic E-state index is 11.5. The number of nitrogens with zero attached hydrogens (tertiary/aromatic N) is 1. The molecule has 5 heteroatoms. The number of carbonyl (C=O) groups excluding carboxylic acids is 1. The number of esters is 1. The van der Waals surface area contributed by atoms with Gasteiger partial charge >= 0.3 is 5.97 Å². The van der Waals surface area contributed by atoms with E-state index in [1.165, 1.54) is 0 Å². The lowest BCUT2D eigenvalue weighted by atomic mass is 9.96. The Bertz CT molecular complexity index is 307. The zero-order valence-electron chi connectivity index (χ0n) is 11.1. The fourth-order valence-electron chi connectivity index (χ4n) is 1.56. The van der Waals surface area contributed by atoms with E-state index in [1.807, 2.05) is 0 Å². The van der Waals surface area contributed by atoms with Crippen LogP contribution in [0, 0.1) is 0 Å². The third kappa shape index (κ3) is 4.22. The third-order valence-electron chi connectivity index (χ3n) is 3.02. The van der Waals surface area contributed by atoms with Gasteiger partial charge in [0.05, 0.1) is 6.61 Å². The molecule has 0 radical (unpaired) electrons. The van der Waals surface area contributed by atoms with Crippen LogP contribution in [0.2, 0.25) is 0 Å². The molecule has 0 aromatic carbocycles. The number of carbonyl (C=O) groups is 1. The van der Waals surface area contributed by atoms with Crippen molar-refractivity contribution in [1.82, 2.24) is 5.32 Å². The van der Waals surface area contributed by atoms with Gasteiger partial charge in [-0.3, -0.25) is 0 Å². The number of ether oxygens (including phenoxy) is 1. The van der Waals surface area contributed by atoms with E-state index in [2.05, 4.69) is 24.2 Å². The molecule has 1 N–H and O–H groups in total. The number of amidine groups is 1. The number of hydrogen-bond donors (Lipinski definition) is 1. The van der Waals surface area contributed by atoms with Gasteiger partial charge in [-0.1, -0.05) is 18.7 Å². The van der Waals surface area contributed by atoms with Crippen LogP contribution in [0.4, 0.5) is 0 Å². The SMILES string of the molecule is CCOC(=O)C(C)N=C1NC(C)(CC)CCS1. The highest BCUT2D eigenvalue weighted by molar-refractivity contribution is 8.13. The van der Waals surface area contributed by atoms with Crippen LogP contribution in [0.1, 0.15) is 40.5 Å². The Hall–Kier alpha value is -0.710. The van der Waals surface area contributed by atoms with Crippen LogP contribution in [0.15, 0.2) is 4.99 Å². The van der Waals surface area contributed by atoms with Crippen molar-refractivity contribution in [2.45, 2.75) is 52.1 Å². The van der Waals surface area contributed by atoms with Gasteiger partial charge in [0.2, 0.25) is 0 Å². The van der Waals surface area contributed by atoms with Gasteiger partial charge in [-0.15, -0.1) is 0 Å². The normalized spacial score (nSPS) is 28.6. The van der Waals surface area contributed by atoms with Gasteiger partial charge < -0.3 is 10.1 Å². The van der Waals surface area contributed by atoms with E-state index in [4.69, 9.17) is 4.74 Å². The number of thioether (sulfide) groups is 1. The predicted octanol–water partition coefficient (Wildman–Crippen LogP) is 2.19. The zero-order chi connectivity index (χ0) is 12.9. The first kappa shape index (κ1) is 14.4. The van der Waals surface area contributed by atoms with Crippen LogP contribution in [0.3, 0.4) is 0 Å². The number of aliphatic imine (C=N–C) groups is 1. The molecule has 0 amide bonds. The fourth-order valence-corrected chi connectivity index (χ4v) is 2.85. The molecule has 1 fully saturated rings. The van der Waals surface area contributed by atoms with Gasteiger partial charge in [-0.05, 0) is 33.6 Å². The van der Waals surface area contributed by atoms with Gasteiger partial charge in [-0.25, -0.2) is 9.79 Å². The Morgan fingerprint density at radius 2 is 2.35 bits per heavy atom. The molecule has 0 spiro atoms. The fraction of sp³-hybridized carbons (Fsp3) is 0.833. The monoisotopic (exact) mass is 258 g/mol. The average Bonchev–Trinajstić information content (AvgIpc) is 2.29. The summed E-state index contributed by atoms with van der Waals surface area (Å²) >= 11 is 1.68. The molecule has 0 aromatic rings. The minimum absolute atomic E-state index is 0.110. The second-order valence-electron chi connectivity index (χ2n) is 4.50. The highest BCUT2D eigenvalue weighted by Gasteiger charge is 2.28. The summed E-state index contributed by atoms with van der Waals surface area (Å²) in [5, 5.41) is 4.27. The summed E-state index contributed by atoms with van der Waals surface area (Å²) in [4.78, 5) is 15.9. The number of rotatable bonds is 4. The van der Waals surface area contributed by atoms with E-state index in [0.29, 0.717) is 6.61 Å². The van der Waals surface area contributed by atoms with E-state index in [0.717, 1.165) is 23.8 Å². The van der Waals surface area contributed by atoms with Crippen molar-refractivity contribution in [3.8, 4) is 0 Å². The molecule has 0 aliphatic carbocycles. The van der Waals surface area contributed by atoms with Crippen molar-refractivity contribution in [3.63, 3.8) is 0 Å². The topological polar surface area (TPSA) is 50.7 Å². The Labute approximate surface area is 108 Å². The summed E-state index contributed by atoms with van der Waals surface area (Å²) in [6, 6.07) is -0.427. The summed E-state index contributed by atoms with van der Waals surface area (Å²) in [5.74, 6) is 0.789. The van der Waals surface area contributed by atoms with Gasteiger partial charge in [0.1, 0.15) is 6.04 Å². The molecular weight excluding hydrogens is 236 g/mol. The first-order valence-corrected chi connectivity index (χ1v) is 7.14. The molecule has 1 heterocycles. The number of hydrogen-bond acceptors (Lipinski definition) is 4. The van der Waals surface area contributed by atoms with Crippen molar-refractivity contribution < 1.29 is 9.53 Å². The quantitative estimate of drug-likeness (QED) is 0.785. The van der Waals surface area contributed by atoms with Crippen LogP contribution in [0.5, 0.6) is 0 Å². The molecule has 2 unspecified atom stereocenters. The first-order chi connectivity index (χ1) is 8.00. The van der Waals surface area contributed by atoms with E-state index < -0.39 is 6.04 Å². The first-order valence-electron chi connectivity index (χ1n) is 6.16. The highest BCUT2D eigenvalue weighted by atomic mass is 32.2. The summed E-state index contributed by atoms with van der Waals surface area (Å²) < 4.78 is 4.94. The van der Waals surface area contributed by atoms with Gasteiger partial charge in [0, 0.05) is 11.3 Å². The predicted molar refractivity (Wildman–Crippen MR) is 72.4 cm³/mol. The Morgan fingerprint density at radius 1 is 1.65 bits per heavy atom. The van der Waals surface area contributed by atoms with E-state index >= 15 is 0 Å². The lowest BCUT2D eigenvalue weighted by Crippen LogP contribution is -2.48. The third-order valence-corrected chi connectivity index (χ3v) is 3.91. The maximum absolute atomic E-state index is 11.5. The summed E-state index contributed by atoms with van der Waals surface area (Å²) in [6.45, 7) is 8.33. The van der Waals surface area contributed by atoms with Gasteiger partial charge in [0.15, 0.2) is 5.17 Å². The van der Waals surface area contributed by atoms with Crippen molar-refractivity contribution >= 4 is 22.9 Å². The molecule has 98 valence electrons. The molecule has 4 nitrogen and oxygen atoms in total. The molecule has 0 aromatic heterocycles. The van der Waals surface area contributed by atoms with Crippen molar-refractivity contribution in [2.24, 2.45) is 4.99 Å². The van der Waals surface area contributed by atoms with E-state index in [9.17, 15) is 4.79 Å². The summed E-state index contributed by atoms with van der Waals surface area (Å²) in [5.41, 5.74) is 0.110. The second-order valence-corrected chi connectivity index (χ2v) is 5.58. The molecular formula is C12H22N2O2S. The lowest BCUT2D eigenvalue weighted by Gasteiger charge is -2.35. The molecule has 1 saturated heterocycles. The molecule has 1 aliphatic rings. The Kier molecular flexibility index (Phi) is 5.31. The molecule has 17 heavy (non-hydrogen) atoms. The van der Waals surface area contributed by atoms with Crippen molar-refractivity contribution in [3.05, 3.63) is 0 Å². The molecule has 1 rings (SSSR count). The smallest absolute Gasteiger partial charge is 0.330 e. The average molecular weight is 258 g/mol. The zero-order valence-corrected chi connectivity index (χ0v) is 11.9. The van der Waals surface area contributed by atoms with Crippen LogP contribution in [0.25, 0.3) is 0 Å². The largest absolute Gasteiger partial charge is 0.464 e. The van der Waals surface area contributed by atoms with Gasteiger partial charge in [-0.2, -0.15) is 0 Å². The summed E-state index contributed by atoms with van der Waals surface area (Å²) in [6.07, 6.45) is 2.18. The molecule has 1 aliphatic heterocycles. The summed E-state index contributed by atoms with van der Waals surface area (Å²) in [7, 11) is 0. The van der Waals surface area contributed by atoms with Crippen LogP contribution in [-0.2, 0) is 9.53 Å². The van der Waals surface area contributed by atoms with Crippen LogP contribution < -0.4 is 5.32 Å². The van der Waals surface area contributed by atoms with Crippen LogP contribution in [-0.4, -0.2) is 35.1 Å². The lowest BCUT2D eigenvalue weighted by molar-refractivity contribution is -0.144. The highest BCUT2D eigenvalue weighted by Crippen LogP contribution is 2.25. The Morgan fingerprint density at radius 3 is 2.94 bits per heavy atom.